The molecule has 2 N–H and O–H groups in total. The third-order valence-electron chi connectivity index (χ3n) is 8.35. The second-order valence-corrected chi connectivity index (χ2v) is 12.8. The minimum absolute atomic E-state index is 0.00732. The van der Waals surface area contributed by atoms with Gasteiger partial charge in [0.1, 0.15) is 5.69 Å². The molecule has 5 aromatic carbocycles. The van der Waals surface area contributed by atoms with Crippen LogP contribution in [-0.2, 0) is 22.6 Å². The third kappa shape index (κ3) is 7.64. The largest absolute Gasteiger partial charge is 0.392 e. The number of carbonyl (C=O) groups excluding carboxylic acids is 1. The van der Waals surface area contributed by atoms with Crippen molar-refractivity contribution in [2.75, 3.05) is 5.75 Å². The molecule has 0 unspecified atom stereocenters. The number of carbonyl (C=O) groups is 1. The Balaban J connectivity index is 1.07. The number of benzene rings is 5. The molecule has 1 saturated heterocycles. The number of hydrogen-bond donors (Lipinski definition) is 2. The van der Waals surface area contributed by atoms with Crippen molar-refractivity contribution in [2.45, 2.75) is 43.0 Å². The number of nitrogens with zero attached hydrogens (tertiary/aromatic N) is 2. The molecule has 6 aromatic rings. The summed E-state index contributed by atoms with van der Waals surface area (Å²) in [6.45, 7) is 0.362. The fraction of sp³-hybridized carbons (Fsp3) is 0.175. The van der Waals surface area contributed by atoms with Gasteiger partial charge >= 0.3 is 0 Å². The van der Waals surface area contributed by atoms with Gasteiger partial charge in [0.25, 0.3) is 5.91 Å². The molecule has 240 valence electrons. The van der Waals surface area contributed by atoms with Crippen LogP contribution < -0.4 is 5.32 Å². The van der Waals surface area contributed by atoms with Crippen LogP contribution in [0, 0.1) is 0 Å². The molecule has 1 amide bonds. The van der Waals surface area contributed by atoms with Gasteiger partial charge in [-0.25, -0.2) is 4.98 Å². The Hall–Kier alpha value is -4.86. The lowest BCUT2D eigenvalue weighted by atomic mass is 9.99. The van der Waals surface area contributed by atoms with E-state index in [0.717, 1.165) is 51.1 Å². The number of rotatable bonds is 10. The first-order chi connectivity index (χ1) is 23.6. The molecule has 0 spiro atoms. The summed E-state index contributed by atoms with van der Waals surface area (Å²) in [5.41, 5.74) is 7.61. The molecular weight excluding hydrogens is 619 g/mol. The maximum atomic E-state index is 12.9. The van der Waals surface area contributed by atoms with Gasteiger partial charge in [0.2, 0.25) is 0 Å². The van der Waals surface area contributed by atoms with Crippen molar-refractivity contribution in [3.05, 3.63) is 162 Å². The van der Waals surface area contributed by atoms with E-state index in [1.54, 1.807) is 11.8 Å². The molecule has 1 aliphatic heterocycles. The second-order valence-electron chi connectivity index (χ2n) is 11.7. The smallest absolute Gasteiger partial charge is 0.271 e. The summed E-state index contributed by atoms with van der Waals surface area (Å²) in [5, 5.41) is 12.5. The van der Waals surface area contributed by atoms with Crippen molar-refractivity contribution in [3.63, 3.8) is 0 Å². The lowest BCUT2D eigenvalue weighted by Crippen LogP contribution is -2.31. The highest BCUT2D eigenvalue weighted by molar-refractivity contribution is 7.99. The van der Waals surface area contributed by atoms with Crippen molar-refractivity contribution < 1.29 is 19.4 Å². The Morgan fingerprint density at radius 3 is 2.33 bits per heavy atom. The Labute approximate surface area is 284 Å². The minimum atomic E-state index is -0.548. The van der Waals surface area contributed by atoms with Gasteiger partial charge < -0.3 is 19.9 Å². The highest BCUT2D eigenvalue weighted by atomic mass is 32.2. The average Bonchev–Trinajstić information content (AvgIpc) is 3.16. The van der Waals surface area contributed by atoms with Crippen LogP contribution in [0.15, 0.2) is 138 Å². The SMILES string of the molecule is O=C(NCc1cccc(-c2cccc([C@@H]3O[C@H](CSc4ccccc4)C[C@H](c4ccc(CO)cc4)O3)c2)c1)c1cnc2ccccc2n1. The standard InChI is InChI=1S/C40H35N3O4S/c44-25-27-16-18-29(19-17-27)38-22-33(26-48-34-12-2-1-3-13-34)46-40(47-38)32-11-7-10-31(21-32)30-9-6-8-28(20-30)23-42-39(45)37-24-41-35-14-4-5-15-36(35)43-37/h1-21,24,33,38,40,44H,22-23,25-26H2,(H,42,45)/t33-,38+,40+/m0/s1. The van der Waals surface area contributed by atoms with Gasteiger partial charge in [-0.15, -0.1) is 11.8 Å². The molecular formula is C40H35N3O4S. The number of aliphatic hydroxyl groups is 1. The number of amides is 1. The van der Waals surface area contributed by atoms with Crippen LogP contribution in [0.25, 0.3) is 22.2 Å². The highest BCUT2D eigenvalue weighted by Gasteiger charge is 2.32. The molecule has 1 aliphatic rings. The van der Waals surface area contributed by atoms with E-state index in [4.69, 9.17) is 9.47 Å². The van der Waals surface area contributed by atoms with Crippen LogP contribution in [-0.4, -0.2) is 32.8 Å². The maximum absolute atomic E-state index is 12.9. The van der Waals surface area contributed by atoms with Crippen molar-refractivity contribution in [1.29, 1.82) is 0 Å². The number of thioether (sulfide) groups is 1. The van der Waals surface area contributed by atoms with E-state index in [1.165, 1.54) is 11.1 Å². The van der Waals surface area contributed by atoms with Crippen LogP contribution >= 0.6 is 11.8 Å². The predicted octanol–water partition coefficient (Wildman–Crippen LogP) is 8.06. The zero-order chi connectivity index (χ0) is 32.7. The normalized spacial score (nSPS) is 17.6. The van der Waals surface area contributed by atoms with Gasteiger partial charge in [0.15, 0.2) is 6.29 Å². The summed E-state index contributed by atoms with van der Waals surface area (Å²) in [7, 11) is 0. The topological polar surface area (TPSA) is 93.6 Å². The zero-order valence-corrected chi connectivity index (χ0v) is 27.1. The fourth-order valence-electron chi connectivity index (χ4n) is 5.79. The summed E-state index contributed by atoms with van der Waals surface area (Å²) in [5.74, 6) is 0.528. The van der Waals surface area contributed by atoms with Gasteiger partial charge in [-0.1, -0.05) is 91.0 Å². The molecule has 8 heteroatoms. The summed E-state index contributed by atoms with van der Waals surface area (Å²) in [6, 6.07) is 42.2. The Kier molecular flexibility index (Phi) is 9.86. The molecule has 7 rings (SSSR count). The van der Waals surface area contributed by atoms with E-state index in [2.05, 4.69) is 63.8 Å². The summed E-state index contributed by atoms with van der Waals surface area (Å²) < 4.78 is 13.2. The summed E-state index contributed by atoms with van der Waals surface area (Å²) >= 11 is 1.78. The highest BCUT2D eigenvalue weighted by Crippen LogP contribution is 2.40. The first kappa shape index (κ1) is 31.7. The van der Waals surface area contributed by atoms with Gasteiger partial charge in [0, 0.05) is 29.2 Å². The van der Waals surface area contributed by atoms with E-state index >= 15 is 0 Å². The van der Waals surface area contributed by atoms with Crippen molar-refractivity contribution >= 4 is 28.7 Å². The Bertz CT molecular complexity index is 2000. The number of nitrogens with one attached hydrogen (secondary N) is 1. The lowest BCUT2D eigenvalue weighted by Gasteiger charge is -2.36. The van der Waals surface area contributed by atoms with Crippen molar-refractivity contribution in [2.24, 2.45) is 0 Å². The quantitative estimate of drug-likeness (QED) is 0.145. The first-order valence-electron chi connectivity index (χ1n) is 16.0. The van der Waals surface area contributed by atoms with E-state index in [9.17, 15) is 9.90 Å². The van der Waals surface area contributed by atoms with Crippen LogP contribution in [0.4, 0.5) is 0 Å². The van der Waals surface area contributed by atoms with E-state index in [0.29, 0.717) is 12.1 Å². The Morgan fingerprint density at radius 1 is 0.771 bits per heavy atom. The molecule has 0 saturated carbocycles. The Morgan fingerprint density at radius 2 is 1.52 bits per heavy atom. The number of para-hydroxylation sites is 2. The van der Waals surface area contributed by atoms with Gasteiger partial charge in [-0.05, 0) is 64.2 Å². The molecule has 0 aliphatic carbocycles. The zero-order valence-electron chi connectivity index (χ0n) is 26.2. The van der Waals surface area contributed by atoms with E-state index < -0.39 is 6.29 Å². The molecule has 1 aromatic heterocycles. The summed E-state index contributed by atoms with van der Waals surface area (Å²) in [4.78, 5) is 22.9. The van der Waals surface area contributed by atoms with E-state index in [1.807, 2.05) is 78.9 Å². The van der Waals surface area contributed by atoms with Crippen molar-refractivity contribution in [3.8, 4) is 11.1 Å². The number of fused-ring (bicyclic) bond motifs is 1. The van der Waals surface area contributed by atoms with Crippen LogP contribution in [0.3, 0.4) is 0 Å². The molecule has 48 heavy (non-hydrogen) atoms. The van der Waals surface area contributed by atoms with Crippen molar-refractivity contribution in [1.82, 2.24) is 15.3 Å². The van der Waals surface area contributed by atoms with E-state index in [-0.39, 0.29) is 30.4 Å². The minimum Gasteiger partial charge on any atom is -0.392 e. The molecule has 1 fully saturated rings. The van der Waals surface area contributed by atoms with Crippen LogP contribution in [0.5, 0.6) is 0 Å². The molecule has 0 bridgehead atoms. The predicted molar refractivity (Wildman–Crippen MR) is 188 cm³/mol. The number of hydrogen-bond acceptors (Lipinski definition) is 7. The molecule has 3 atom stereocenters. The first-order valence-corrected chi connectivity index (χ1v) is 17.0. The summed E-state index contributed by atoms with van der Waals surface area (Å²) in [6.07, 6.45) is 1.51. The van der Waals surface area contributed by atoms with Gasteiger partial charge in [0.05, 0.1) is 36.0 Å². The molecule has 7 nitrogen and oxygen atoms in total. The lowest BCUT2D eigenvalue weighted by molar-refractivity contribution is -0.245. The van der Waals surface area contributed by atoms with Crippen LogP contribution in [0.1, 0.15) is 51.6 Å². The van der Waals surface area contributed by atoms with Crippen LogP contribution in [0.2, 0.25) is 0 Å². The molecule has 0 radical (unpaired) electrons. The number of ether oxygens (including phenoxy) is 2. The second kappa shape index (κ2) is 14.9. The average molecular weight is 654 g/mol. The fourth-order valence-corrected chi connectivity index (χ4v) is 6.74. The number of aliphatic hydroxyl groups excluding tert-OH is 1. The molecule has 2 heterocycles. The van der Waals surface area contributed by atoms with Gasteiger partial charge in [-0.2, -0.15) is 0 Å². The number of aromatic nitrogens is 2. The third-order valence-corrected chi connectivity index (χ3v) is 9.49. The maximum Gasteiger partial charge on any atom is 0.271 e. The van der Waals surface area contributed by atoms with Gasteiger partial charge in [-0.3, -0.25) is 9.78 Å². The monoisotopic (exact) mass is 653 g/mol.